The Hall–Kier alpha value is -3.28. The molecule has 3 N–H and O–H groups in total. The zero-order valence-corrected chi connectivity index (χ0v) is 15.3. The van der Waals surface area contributed by atoms with Crippen molar-refractivity contribution in [3.63, 3.8) is 0 Å². The first-order valence-electron chi connectivity index (χ1n) is 9.10. The van der Waals surface area contributed by atoms with E-state index >= 15 is 0 Å². The zero-order chi connectivity index (χ0) is 18.5. The highest BCUT2D eigenvalue weighted by atomic mass is 16.5. The van der Waals surface area contributed by atoms with Crippen molar-refractivity contribution in [1.29, 1.82) is 0 Å². The maximum atomic E-state index is 5.95. The summed E-state index contributed by atoms with van der Waals surface area (Å²) in [4.78, 5) is 12.1. The van der Waals surface area contributed by atoms with Crippen LogP contribution in [-0.4, -0.2) is 35.6 Å². The van der Waals surface area contributed by atoms with Crippen molar-refractivity contribution in [1.82, 2.24) is 20.6 Å². The van der Waals surface area contributed by atoms with Crippen LogP contribution < -0.4 is 15.4 Å². The number of aliphatic imine (C=N–C) groups is 1. The minimum atomic E-state index is 0.120. The van der Waals surface area contributed by atoms with E-state index in [1.807, 2.05) is 42.6 Å². The predicted molar refractivity (Wildman–Crippen MR) is 107 cm³/mol. The van der Waals surface area contributed by atoms with Gasteiger partial charge in [0.1, 0.15) is 17.7 Å². The Morgan fingerprint density at radius 1 is 1.15 bits per heavy atom. The second-order valence-corrected chi connectivity index (χ2v) is 6.47. The van der Waals surface area contributed by atoms with Crippen molar-refractivity contribution in [2.24, 2.45) is 4.99 Å². The average Bonchev–Trinajstić information content (AvgIpc) is 3.35. The highest BCUT2D eigenvalue weighted by Gasteiger charge is 2.22. The molecule has 2 heterocycles. The number of hydrogen-bond acceptors (Lipinski definition) is 3. The molecule has 4 rings (SSSR count). The Kier molecular flexibility index (Phi) is 5.05. The molecular weight excluding hydrogens is 338 g/mol. The Balaban J connectivity index is 1.27. The number of imidazole rings is 1. The van der Waals surface area contributed by atoms with Crippen LogP contribution in [0.4, 0.5) is 0 Å². The minimum absolute atomic E-state index is 0.120. The quantitative estimate of drug-likeness (QED) is 0.483. The van der Waals surface area contributed by atoms with Gasteiger partial charge < -0.3 is 20.4 Å². The van der Waals surface area contributed by atoms with Crippen LogP contribution in [0.3, 0.4) is 0 Å². The van der Waals surface area contributed by atoms with Crippen LogP contribution in [0, 0.1) is 0 Å². The van der Waals surface area contributed by atoms with Gasteiger partial charge in [-0.25, -0.2) is 4.98 Å². The fourth-order valence-corrected chi connectivity index (χ4v) is 3.18. The Labute approximate surface area is 158 Å². The Bertz CT molecular complexity index is 894. The van der Waals surface area contributed by atoms with Crippen LogP contribution in [0.25, 0.3) is 11.3 Å². The summed E-state index contributed by atoms with van der Waals surface area (Å²) in [6, 6.07) is 18.3. The van der Waals surface area contributed by atoms with Gasteiger partial charge in [0, 0.05) is 13.5 Å². The Morgan fingerprint density at radius 3 is 2.78 bits per heavy atom. The van der Waals surface area contributed by atoms with E-state index in [-0.39, 0.29) is 6.10 Å². The molecule has 0 fully saturated rings. The summed E-state index contributed by atoms with van der Waals surface area (Å²) in [5.41, 5.74) is 3.39. The van der Waals surface area contributed by atoms with Crippen molar-refractivity contribution in [2.75, 3.05) is 13.6 Å². The van der Waals surface area contributed by atoms with Gasteiger partial charge in [-0.05, 0) is 17.2 Å². The molecule has 6 nitrogen and oxygen atoms in total. The predicted octanol–water partition coefficient (Wildman–Crippen LogP) is 2.75. The molecule has 1 unspecified atom stereocenters. The van der Waals surface area contributed by atoms with Gasteiger partial charge in [0.05, 0.1) is 25.0 Å². The lowest BCUT2D eigenvalue weighted by Crippen LogP contribution is -2.42. The van der Waals surface area contributed by atoms with Crippen LogP contribution in [0.1, 0.15) is 11.4 Å². The zero-order valence-electron chi connectivity index (χ0n) is 15.3. The SMILES string of the molecule is CN=C(NCc1ncc(-c2ccccc2)[nH]1)NCC1Cc2ccccc2O1. The molecule has 0 spiro atoms. The topological polar surface area (TPSA) is 74.3 Å². The summed E-state index contributed by atoms with van der Waals surface area (Å²) in [7, 11) is 1.76. The van der Waals surface area contributed by atoms with Gasteiger partial charge in [0.25, 0.3) is 0 Å². The van der Waals surface area contributed by atoms with Gasteiger partial charge in [-0.1, -0.05) is 48.5 Å². The fourth-order valence-electron chi connectivity index (χ4n) is 3.18. The standard InChI is InChI=1S/C21H23N5O/c1-22-21(24-12-17-11-16-9-5-6-10-19(16)27-17)25-14-20-23-13-18(26-20)15-7-3-2-4-8-15/h2-10,13,17H,11-12,14H2,1H3,(H,23,26)(H2,22,24,25). The molecule has 6 heteroatoms. The molecule has 1 aliphatic rings. The summed E-state index contributed by atoms with van der Waals surface area (Å²) in [5, 5.41) is 6.61. The number of para-hydroxylation sites is 1. The van der Waals surface area contributed by atoms with Crippen LogP contribution in [0.15, 0.2) is 65.8 Å². The van der Waals surface area contributed by atoms with Crippen molar-refractivity contribution < 1.29 is 4.74 Å². The number of hydrogen-bond donors (Lipinski definition) is 3. The van der Waals surface area contributed by atoms with Gasteiger partial charge in [-0.3, -0.25) is 4.99 Å². The first kappa shape index (κ1) is 17.1. The van der Waals surface area contributed by atoms with E-state index in [1.54, 1.807) is 7.05 Å². The highest BCUT2D eigenvalue weighted by molar-refractivity contribution is 5.79. The van der Waals surface area contributed by atoms with Crippen LogP contribution in [-0.2, 0) is 13.0 Å². The van der Waals surface area contributed by atoms with Crippen molar-refractivity contribution in [2.45, 2.75) is 19.1 Å². The molecule has 0 amide bonds. The number of aromatic amines is 1. The normalized spacial score (nSPS) is 15.9. The molecule has 3 aromatic rings. The van der Waals surface area contributed by atoms with E-state index in [2.05, 4.69) is 43.8 Å². The third kappa shape index (κ3) is 4.11. The van der Waals surface area contributed by atoms with E-state index in [4.69, 9.17) is 4.74 Å². The summed E-state index contributed by atoms with van der Waals surface area (Å²) < 4.78 is 5.95. The van der Waals surface area contributed by atoms with Crippen molar-refractivity contribution in [3.8, 4) is 17.0 Å². The van der Waals surface area contributed by atoms with Crippen LogP contribution in [0.2, 0.25) is 0 Å². The number of rotatable bonds is 5. The molecule has 1 aliphatic heterocycles. The average molecular weight is 361 g/mol. The van der Waals surface area contributed by atoms with Crippen LogP contribution in [0.5, 0.6) is 5.75 Å². The molecule has 138 valence electrons. The van der Waals surface area contributed by atoms with E-state index in [0.29, 0.717) is 13.1 Å². The monoisotopic (exact) mass is 361 g/mol. The number of aromatic nitrogens is 2. The molecule has 0 aliphatic carbocycles. The largest absolute Gasteiger partial charge is 0.488 e. The molecule has 1 atom stereocenters. The molecule has 27 heavy (non-hydrogen) atoms. The third-order valence-electron chi connectivity index (χ3n) is 4.57. The summed E-state index contributed by atoms with van der Waals surface area (Å²) >= 11 is 0. The van der Waals surface area contributed by atoms with Gasteiger partial charge in [-0.2, -0.15) is 0 Å². The highest BCUT2D eigenvalue weighted by Crippen LogP contribution is 2.27. The number of H-pyrrole nitrogens is 1. The number of nitrogens with one attached hydrogen (secondary N) is 3. The second kappa shape index (κ2) is 7.95. The number of ether oxygens (including phenoxy) is 1. The van der Waals surface area contributed by atoms with E-state index in [1.165, 1.54) is 5.56 Å². The lowest BCUT2D eigenvalue weighted by molar-refractivity contribution is 0.235. The lowest BCUT2D eigenvalue weighted by Gasteiger charge is -2.15. The minimum Gasteiger partial charge on any atom is -0.488 e. The number of guanidine groups is 1. The summed E-state index contributed by atoms with van der Waals surface area (Å²) in [6.07, 6.45) is 2.89. The van der Waals surface area contributed by atoms with Gasteiger partial charge in [-0.15, -0.1) is 0 Å². The maximum absolute atomic E-state index is 5.95. The second-order valence-electron chi connectivity index (χ2n) is 6.47. The van der Waals surface area contributed by atoms with Crippen LogP contribution >= 0.6 is 0 Å². The molecule has 0 radical (unpaired) electrons. The van der Waals surface area contributed by atoms with E-state index in [0.717, 1.165) is 35.2 Å². The van der Waals surface area contributed by atoms with Crippen molar-refractivity contribution >= 4 is 5.96 Å². The summed E-state index contributed by atoms with van der Waals surface area (Å²) in [5.74, 6) is 2.57. The van der Waals surface area contributed by atoms with E-state index < -0.39 is 0 Å². The maximum Gasteiger partial charge on any atom is 0.191 e. The first-order valence-corrected chi connectivity index (χ1v) is 9.10. The Morgan fingerprint density at radius 2 is 1.96 bits per heavy atom. The number of benzene rings is 2. The lowest BCUT2D eigenvalue weighted by atomic mass is 10.1. The molecule has 0 bridgehead atoms. The smallest absolute Gasteiger partial charge is 0.191 e. The number of nitrogens with zero attached hydrogens (tertiary/aromatic N) is 2. The molecular formula is C21H23N5O. The molecule has 1 aromatic heterocycles. The first-order chi connectivity index (χ1) is 13.3. The van der Waals surface area contributed by atoms with Crippen molar-refractivity contribution in [3.05, 3.63) is 72.2 Å². The van der Waals surface area contributed by atoms with E-state index in [9.17, 15) is 0 Å². The molecule has 2 aromatic carbocycles. The molecule has 0 saturated heterocycles. The third-order valence-corrected chi connectivity index (χ3v) is 4.57. The van der Waals surface area contributed by atoms with Gasteiger partial charge in [0.2, 0.25) is 0 Å². The van der Waals surface area contributed by atoms with Gasteiger partial charge >= 0.3 is 0 Å². The number of fused-ring (bicyclic) bond motifs is 1. The summed E-state index contributed by atoms with van der Waals surface area (Å²) in [6.45, 7) is 1.26. The van der Waals surface area contributed by atoms with Gasteiger partial charge in [0.15, 0.2) is 5.96 Å². The molecule has 0 saturated carbocycles. The fraction of sp³-hybridized carbons (Fsp3) is 0.238.